The van der Waals surface area contributed by atoms with Crippen LogP contribution in [-0.2, 0) is 16.1 Å². The number of carbonyl (C=O) groups is 1. The molecule has 0 aliphatic carbocycles. The molecular formula is C18H27ClN4O2. The average molecular weight is 367 g/mol. The number of hydrogen-bond donors (Lipinski definition) is 1. The standard InChI is InChI=1S/C18H27ClN4O2/c1-18(2,25-4)13-21-17(20-3)23-10-9-22(16(24)12-23)11-14-5-7-15(19)8-6-14/h5-8H,9-13H2,1-4H3,(H,20,21). The van der Waals surface area contributed by atoms with E-state index in [1.54, 1.807) is 14.2 Å². The molecule has 1 heterocycles. The van der Waals surface area contributed by atoms with Gasteiger partial charge in [-0.1, -0.05) is 23.7 Å². The molecule has 1 aromatic rings. The smallest absolute Gasteiger partial charge is 0.242 e. The number of amides is 1. The zero-order valence-electron chi connectivity index (χ0n) is 15.4. The molecule has 1 aliphatic rings. The molecule has 138 valence electrons. The predicted octanol–water partition coefficient (Wildman–Crippen LogP) is 1.98. The van der Waals surface area contributed by atoms with Crippen LogP contribution >= 0.6 is 11.6 Å². The summed E-state index contributed by atoms with van der Waals surface area (Å²) in [6, 6.07) is 7.60. The number of halogens is 1. The Labute approximate surface area is 154 Å². The van der Waals surface area contributed by atoms with Gasteiger partial charge in [-0.3, -0.25) is 9.79 Å². The molecule has 1 N–H and O–H groups in total. The van der Waals surface area contributed by atoms with Gasteiger partial charge in [-0.2, -0.15) is 0 Å². The van der Waals surface area contributed by atoms with Crippen LogP contribution in [0.15, 0.2) is 29.3 Å². The molecule has 1 aliphatic heterocycles. The van der Waals surface area contributed by atoms with E-state index in [0.29, 0.717) is 31.2 Å². The summed E-state index contributed by atoms with van der Waals surface area (Å²) in [6.07, 6.45) is 0. The zero-order valence-corrected chi connectivity index (χ0v) is 16.1. The summed E-state index contributed by atoms with van der Waals surface area (Å²) >= 11 is 5.91. The highest BCUT2D eigenvalue weighted by Crippen LogP contribution is 2.14. The van der Waals surface area contributed by atoms with E-state index in [2.05, 4.69) is 10.3 Å². The Balaban J connectivity index is 1.91. The van der Waals surface area contributed by atoms with Crippen LogP contribution in [0.3, 0.4) is 0 Å². The van der Waals surface area contributed by atoms with Gasteiger partial charge in [0, 0.05) is 45.4 Å². The Kier molecular flexibility index (Phi) is 6.67. The predicted molar refractivity (Wildman–Crippen MR) is 101 cm³/mol. The van der Waals surface area contributed by atoms with Crippen molar-refractivity contribution in [2.45, 2.75) is 26.0 Å². The van der Waals surface area contributed by atoms with Gasteiger partial charge < -0.3 is 19.9 Å². The van der Waals surface area contributed by atoms with Gasteiger partial charge >= 0.3 is 0 Å². The second-order valence-corrected chi connectivity index (χ2v) is 7.16. The maximum Gasteiger partial charge on any atom is 0.242 e. The summed E-state index contributed by atoms with van der Waals surface area (Å²) in [5.74, 6) is 0.819. The van der Waals surface area contributed by atoms with Gasteiger partial charge in [0.2, 0.25) is 5.91 Å². The molecule has 0 unspecified atom stereocenters. The lowest BCUT2D eigenvalue weighted by Gasteiger charge is -2.37. The van der Waals surface area contributed by atoms with Gasteiger partial charge in [0.05, 0.1) is 12.1 Å². The minimum atomic E-state index is -0.295. The quantitative estimate of drug-likeness (QED) is 0.639. The van der Waals surface area contributed by atoms with Crippen LogP contribution in [0.2, 0.25) is 5.02 Å². The highest BCUT2D eigenvalue weighted by Gasteiger charge is 2.27. The van der Waals surface area contributed by atoms with E-state index in [1.807, 2.05) is 47.9 Å². The van der Waals surface area contributed by atoms with E-state index in [1.165, 1.54) is 0 Å². The van der Waals surface area contributed by atoms with Crippen molar-refractivity contribution < 1.29 is 9.53 Å². The first-order chi connectivity index (χ1) is 11.8. The molecule has 7 heteroatoms. The normalized spacial score (nSPS) is 16.4. The highest BCUT2D eigenvalue weighted by molar-refractivity contribution is 6.30. The van der Waals surface area contributed by atoms with Crippen molar-refractivity contribution in [2.75, 3.05) is 40.3 Å². The number of piperazine rings is 1. The van der Waals surface area contributed by atoms with Crippen LogP contribution in [0.25, 0.3) is 0 Å². The van der Waals surface area contributed by atoms with Crippen molar-refractivity contribution in [2.24, 2.45) is 4.99 Å². The number of aliphatic imine (C=N–C) groups is 1. The molecule has 0 atom stereocenters. The summed E-state index contributed by atoms with van der Waals surface area (Å²) in [4.78, 5) is 20.6. The molecule has 25 heavy (non-hydrogen) atoms. The zero-order chi connectivity index (χ0) is 18.4. The number of hydrogen-bond acceptors (Lipinski definition) is 3. The lowest BCUT2D eigenvalue weighted by molar-refractivity contribution is -0.135. The topological polar surface area (TPSA) is 57.2 Å². The Bertz CT molecular complexity index is 616. The summed E-state index contributed by atoms with van der Waals surface area (Å²) in [5, 5.41) is 3.99. The van der Waals surface area contributed by atoms with E-state index in [-0.39, 0.29) is 11.5 Å². The molecule has 6 nitrogen and oxygen atoms in total. The summed E-state index contributed by atoms with van der Waals surface area (Å²) in [7, 11) is 3.41. The molecule has 0 spiro atoms. The Hall–Kier alpha value is -1.79. The highest BCUT2D eigenvalue weighted by atomic mass is 35.5. The Morgan fingerprint density at radius 3 is 2.56 bits per heavy atom. The first-order valence-electron chi connectivity index (χ1n) is 8.37. The second kappa shape index (κ2) is 8.54. The van der Waals surface area contributed by atoms with Gasteiger partial charge in [0.1, 0.15) is 0 Å². The number of rotatable bonds is 5. The minimum Gasteiger partial charge on any atom is -0.377 e. The third-order valence-electron chi connectivity index (χ3n) is 4.34. The average Bonchev–Trinajstić information content (AvgIpc) is 2.59. The lowest BCUT2D eigenvalue weighted by Crippen LogP contribution is -2.56. The second-order valence-electron chi connectivity index (χ2n) is 6.73. The number of methoxy groups -OCH3 is 1. The van der Waals surface area contributed by atoms with Crippen molar-refractivity contribution in [1.82, 2.24) is 15.1 Å². The molecule has 1 amide bonds. The number of nitrogens with one attached hydrogen (secondary N) is 1. The van der Waals surface area contributed by atoms with E-state index in [4.69, 9.17) is 16.3 Å². The molecular weight excluding hydrogens is 340 g/mol. The maximum atomic E-state index is 12.5. The molecule has 0 bridgehead atoms. The SMILES string of the molecule is CN=C(NCC(C)(C)OC)N1CCN(Cc2ccc(Cl)cc2)C(=O)C1. The molecule has 0 radical (unpaired) electrons. The fourth-order valence-electron chi connectivity index (χ4n) is 2.56. The third-order valence-corrected chi connectivity index (χ3v) is 4.59. The number of nitrogens with zero attached hydrogens (tertiary/aromatic N) is 3. The fraction of sp³-hybridized carbons (Fsp3) is 0.556. The maximum absolute atomic E-state index is 12.5. The van der Waals surface area contributed by atoms with Crippen molar-refractivity contribution in [3.63, 3.8) is 0 Å². The van der Waals surface area contributed by atoms with Crippen LogP contribution < -0.4 is 5.32 Å². The number of ether oxygens (including phenoxy) is 1. The van der Waals surface area contributed by atoms with E-state index in [0.717, 1.165) is 18.1 Å². The van der Waals surface area contributed by atoms with Crippen molar-refractivity contribution in [3.8, 4) is 0 Å². The molecule has 1 saturated heterocycles. The van der Waals surface area contributed by atoms with Crippen molar-refractivity contribution in [3.05, 3.63) is 34.9 Å². The van der Waals surface area contributed by atoms with Crippen LogP contribution in [-0.4, -0.2) is 67.6 Å². The summed E-state index contributed by atoms with van der Waals surface area (Å²) in [6.45, 7) is 6.95. The van der Waals surface area contributed by atoms with Gasteiger partial charge in [-0.25, -0.2) is 0 Å². The van der Waals surface area contributed by atoms with Gasteiger partial charge in [0.25, 0.3) is 0 Å². The van der Waals surface area contributed by atoms with Gasteiger partial charge in [0.15, 0.2) is 5.96 Å². The lowest BCUT2D eigenvalue weighted by atomic mass is 10.1. The Morgan fingerprint density at radius 1 is 1.32 bits per heavy atom. The molecule has 0 aromatic heterocycles. The van der Waals surface area contributed by atoms with Crippen LogP contribution in [0.1, 0.15) is 19.4 Å². The van der Waals surface area contributed by atoms with Gasteiger partial charge in [-0.05, 0) is 31.5 Å². The summed E-state index contributed by atoms with van der Waals surface area (Å²) in [5.41, 5.74) is 0.784. The monoisotopic (exact) mass is 366 g/mol. The van der Waals surface area contributed by atoms with Gasteiger partial charge in [-0.15, -0.1) is 0 Å². The third kappa shape index (κ3) is 5.61. The molecule has 1 fully saturated rings. The molecule has 1 aromatic carbocycles. The van der Waals surface area contributed by atoms with Crippen LogP contribution in [0, 0.1) is 0 Å². The van der Waals surface area contributed by atoms with Crippen molar-refractivity contribution >= 4 is 23.5 Å². The van der Waals surface area contributed by atoms with Crippen LogP contribution in [0.5, 0.6) is 0 Å². The minimum absolute atomic E-state index is 0.0927. The van der Waals surface area contributed by atoms with E-state index in [9.17, 15) is 4.79 Å². The number of guanidine groups is 1. The number of carbonyl (C=O) groups excluding carboxylic acids is 1. The summed E-state index contributed by atoms with van der Waals surface area (Å²) < 4.78 is 5.41. The largest absolute Gasteiger partial charge is 0.377 e. The van der Waals surface area contributed by atoms with Crippen molar-refractivity contribution in [1.29, 1.82) is 0 Å². The number of benzene rings is 1. The first-order valence-corrected chi connectivity index (χ1v) is 8.75. The fourth-order valence-corrected chi connectivity index (χ4v) is 2.69. The van der Waals surface area contributed by atoms with E-state index >= 15 is 0 Å². The van der Waals surface area contributed by atoms with E-state index < -0.39 is 0 Å². The first kappa shape index (κ1) is 19.5. The van der Waals surface area contributed by atoms with Crippen LogP contribution in [0.4, 0.5) is 0 Å². The Morgan fingerprint density at radius 2 is 2.00 bits per heavy atom. The molecule has 2 rings (SSSR count). The molecule has 0 saturated carbocycles.